The van der Waals surface area contributed by atoms with Gasteiger partial charge in [0, 0.05) is 19.0 Å². The Balaban J connectivity index is 1.36. The van der Waals surface area contributed by atoms with Crippen molar-refractivity contribution in [3.63, 3.8) is 0 Å². The van der Waals surface area contributed by atoms with Crippen molar-refractivity contribution in [1.82, 2.24) is 14.7 Å². The van der Waals surface area contributed by atoms with Crippen LogP contribution in [0.25, 0.3) is 5.69 Å². The lowest BCUT2D eigenvalue weighted by atomic mass is 9.83. The normalized spacial score (nSPS) is 20.8. The number of nitrogens with zero attached hydrogens (tertiary/aromatic N) is 3. The maximum Gasteiger partial charge on any atom is 0.225 e. The van der Waals surface area contributed by atoms with Gasteiger partial charge in [0.05, 0.1) is 22.8 Å². The van der Waals surface area contributed by atoms with E-state index in [1.165, 1.54) is 44.9 Å². The van der Waals surface area contributed by atoms with Crippen molar-refractivity contribution in [2.75, 3.05) is 18.4 Å². The van der Waals surface area contributed by atoms with Crippen LogP contribution in [0.4, 0.5) is 5.69 Å². The molecule has 0 radical (unpaired) electrons. The summed E-state index contributed by atoms with van der Waals surface area (Å²) in [6.07, 6.45) is 10.1. The third kappa shape index (κ3) is 4.55. The van der Waals surface area contributed by atoms with Crippen LogP contribution >= 0.6 is 0 Å². The highest BCUT2D eigenvalue weighted by Crippen LogP contribution is 2.34. The lowest BCUT2D eigenvalue weighted by molar-refractivity contribution is -0.116. The average Bonchev–Trinajstić information content (AvgIpc) is 3.33. The molecule has 0 bridgehead atoms. The number of hydrogen-bond donors (Lipinski definition) is 1. The van der Waals surface area contributed by atoms with E-state index in [-0.39, 0.29) is 5.91 Å². The average molecular weight is 395 g/mol. The minimum absolute atomic E-state index is 0.0955. The van der Waals surface area contributed by atoms with Crippen molar-refractivity contribution in [1.29, 1.82) is 0 Å². The fraction of sp³-hybridized carbons (Fsp3) is 0.583. The first-order valence-electron chi connectivity index (χ1n) is 11.3. The first kappa shape index (κ1) is 20.1. The molecule has 2 aromatic rings. The molecule has 1 aromatic carbocycles. The predicted octanol–water partition coefficient (Wildman–Crippen LogP) is 4.86. The molecule has 5 heteroatoms. The Morgan fingerprint density at radius 3 is 2.59 bits per heavy atom. The van der Waals surface area contributed by atoms with Gasteiger partial charge in [-0.3, -0.25) is 9.69 Å². The van der Waals surface area contributed by atoms with Gasteiger partial charge in [0.15, 0.2) is 0 Å². The van der Waals surface area contributed by atoms with Gasteiger partial charge in [0.1, 0.15) is 0 Å². The van der Waals surface area contributed by atoms with Crippen LogP contribution in [0.2, 0.25) is 0 Å². The molecule has 1 aliphatic heterocycles. The van der Waals surface area contributed by atoms with Gasteiger partial charge in [-0.2, -0.15) is 5.10 Å². The molecule has 5 nitrogen and oxygen atoms in total. The number of amides is 1. The Morgan fingerprint density at radius 2 is 1.83 bits per heavy atom. The molecule has 1 unspecified atom stereocenters. The van der Waals surface area contributed by atoms with E-state index in [0.29, 0.717) is 12.5 Å². The SMILES string of the molecule is Cc1nn(-c2ccccc2)c(C)c1NC(=O)CCN1CCCC1C1CCCCC1. The summed E-state index contributed by atoms with van der Waals surface area (Å²) < 4.78 is 1.91. The van der Waals surface area contributed by atoms with Gasteiger partial charge in [-0.1, -0.05) is 37.5 Å². The number of rotatable bonds is 6. The molecule has 1 saturated carbocycles. The van der Waals surface area contributed by atoms with Gasteiger partial charge in [0.25, 0.3) is 0 Å². The molecule has 1 amide bonds. The summed E-state index contributed by atoms with van der Waals surface area (Å²) in [5, 5.41) is 7.77. The van der Waals surface area contributed by atoms with E-state index in [9.17, 15) is 4.79 Å². The van der Waals surface area contributed by atoms with Gasteiger partial charge in [-0.15, -0.1) is 0 Å². The third-order valence-electron chi connectivity index (χ3n) is 6.79. The van der Waals surface area contributed by atoms with Crippen molar-refractivity contribution in [3.05, 3.63) is 41.7 Å². The molecule has 2 fully saturated rings. The molecule has 2 aliphatic rings. The van der Waals surface area contributed by atoms with Gasteiger partial charge >= 0.3 is 0 Å². The minimum Gasteiger partial charge on any atom is -0.323 e. The third-order valence-corrected chi connectivity index (χ3v) is 6.79. The zero-order chi connectivity index (χ0) is 20.2. The van der Waals surface area contributed by atoms with Crippen LogP contribution in [0.15, 0.2) is 30.3 Å². The van der Waals surface area contributed by atoms with Crippen molar-refractivity contribution in [2.24, 2.45) is 5.92 Å². The fourth-order valence-electron chi connectivity index (χ4n) is 5.27. The molecule has 1 saturated heterocycles. The molecule has 1 aliphatic carbocycles. The van der Waals surface area contributed by atoms with Crippen LogP contribution in [0.3, 0.4) is 0 Å². The maximum absolute atomic E-state index is 12.7. The highest BCUT2D eigenvalue weighted by Gasteiger charge is 2.32. The van der Waals surface area contributed by atoms with Gasteiger partial charge in [-0.05, 0) is 64.1 Å². The van der Waals surface area contributed by atoms with Crippen LogP contribution in [0.1, 0.15) is 62.8 Å². The number of aryl methyl sites for hydroxylation is 1. The Morgan fingerprint density at radius 1 is 1.07 bits per heavy atom. The molecular formula is C24H34N4O. The van der Waals surface area contributed by atoms with Crippen LogP contribution in [-0.2, 0) is 4.79 Å². The Bertz CT molecular complexity index is 823. The van der Waals surface area contributed by atoms with Gasteiger partial charge in [0.2, 0.25) is 5.91 Å². The minimum atomic E-state index is 0.0955. The second-order valence-electron chi connectivity index (χ2n) is 8.73. The lowest BCUT2D eigenvalue weighted by Gasteiger charge is -2.34. The van der Waals surface area contributed by atoms with Crippen molar-refractivity contribution < 1.29 is 4.79 Å². The molecule has 156 valence electrons. The molecular weight excluding hydrogens is 360 g/mol. The van der Waals surface area contributed by atoms with Crippen molar-refractivity contribution in [2.45, 2.75) is 71.3 Å². The number of nitrogens with one attached hydrogen (secondary N) is 1. The monoisotopic (exact) mass is 394 g/mol. The molecule has 1 aromatic heterocycles. The van der Waals surface area contributed by atoms with Crippen LogP contribution in [0, 0.1) is 19.8 Å². The molecule has 2 heterocycles. The van der Waals surface area contributed by atoms with E-state index in [0.717, 1.165) is 41.8 Å². The quantitative estimate of drug-likeness (QED) is 0.761. The van der Waals surface area contributed by atoms with Crippen LogP contribution in [-0.4, -0.2) is 39.7 Å². The first-order chi connectivity index (χ1) is 14.1. The van der Waals surface area contributed by atoms with E-state index in [2.05, 4.69) is 15.3 Å². The number of para-hydroxylation sites is 1. The standard InChI is InChI=1S/C24H34N4O/c1-18-24(19(2)28(26-18)21-12-7-4-8-13-21)25-23(29)15-17-27-16-9-14-22(27)20-10-5-3-6-11-20/h4,7-8,12-13,20,22H,3,5-6,9-11,14-17H2,1-2H3,(H,25,29). The number of carbonyl (C=O) groups excluding carboxylic acids is 1. The number of benzene rings is 1. The highest BCUT2D eigenvalue weighted by atomic mass is 16.1. The summed E-state index contributed by atoms with van der Waals surface area (Å²) in [6.45, 7) is 6.00. The second-order valence-corrected chi connectivity index (χ2v) is 8.73. The van der Waals surface area contributed by atoms with Crippen LogP contribution < -0.4 is 5.32 Å². The number of aromatic nitrogens is 2. The number of likely N-dealkylation sites (tertiary alicyclic amines) is 1. The van der Waals surface area contributed by atoms with Crippen molar-refractivity contribution >= 4 is 11.6 Å². The largest absolute Gasteiger partial charge is 0.323 e. The molecule has 0 spiro atoms. The predicted molar refractivity (Wildman–Crippen MR) is 117 cm³/mol. The number of carbonyl (C=O) groups is 1. The Labute approximate surface area is 174 Å². The lowest BCUT2D eigenvalue weighted by Crippen LogP contribution is -2.38. The summed E-state index contributed by atoms with van der Waals surface area (Å²) >= 11 is 0. The van der Waals surface area contributed by atoms with Crippen LogP contribution in [0.5, 0.6) is 0 Å². The van der Waals surface area contributed by atoms with E-state index >= 15 is 0 Å². The second kappa shape index (κ2) is 9.12. The van der Waals surface area contributed by atoms with E-state index < -0.39 is 0 Å². The summed E-state index contributed by atoms with van der Waals surface area (Å²) in [5.74, 6) is 0.945. The number of anilines is 1. The molecule has 1 N–H and O–H groups in total. The fourth-order valence-corrected chi connectivity index (χ4v) is 5.27. The van der Waals surface area contributed by atoms with Gasteiger partial charge in [-0.25, -0.2) is 4.68 Å². The Hall–Kier alpha value is -2.14. The van der Waals surface area contributed by atoms with E-state index in [1.807, 2.05) is 48.9 Å². The zero-order valence-corrected chi connectivity index (χ0v) is 17.9. The number of hydrogen-bond acceptors (Lipinski definition) is 3. The van der Waals surface area contributed by atoms with Crippen molar-refractivity contribution in [3.8, 4) is 5.69 Å². The highest BCUT2D eigenvalue weighted by molar-refractivity contribution is 5.92. The Kier molecular flexibility index (Phi) is 6.34. The topological polar surface area (TPSA) is 50.2 Å². The summed E-state index contributed by atoms with van der Waals surface area (Å²) in [5.41, 5.74) is 3.70. The molecule has 4 rings (SSSR count). The molecule has 1 atom stereocenters. The smallest absolute Gasteiger partial charge is 0.225 e. The van der Waals surface area contributed by atoms with E-state index in [1.54, 1.807) is 0 Å². The van der Waals surface area contributed by atoms with E-state index in [4.69, 9.17) is 0 Å². The first-order valence-corrected chi connectivity index (χ1v) is 11.3. The molecule has 29 heavy (non-hydrogen) atoms. The van der Waals surface area contributed by atoms with Gasteiger partial charge < -0.3 is 5.32 Å². The summed E-state index contributed by atoms with van der Waals surface area (Å²) in [7, 11) is 0. The maximum atomic E-state index is 12.7. The zero-order valence-electron chi connectivity index (χ0n) is 17.9. The summed E-state index contributed by atoms with van der Waals surface area (Å²) in [4.78, 5) is 15.3. The summed E-state index contributed by atoms with van der Waals surface area (Å²) in [6, 6.07) is 10.8.